The molecule has 166 valence electrons. The number of anilines is 3. The Kier molecular flexibility index (Phi) is 7.90. The molecule has 0 fully saturated rings. The summed E-state index contributed by atoms with van der Waals surface area (Å²) in [6.07, 6.45) is 3.92. The number of rotatable bonds is 10. The van der Waals surface area contributed by atoms with Crippen molar-refractivity contribution in [3.63, 3.8) is 0 Å². The first-order valence-corrected chi connectivity index (χ1v) is 11.7. The second kappa shape index (κ2) is 9.98. The third-order valence-electron chi connectivity index (χ3n) is 4.47. The zero-order chi connectivity index (χ0) is 22.5. The molecule has 0 aliphatic heterocycles. The van der Waals surface area contributed by atoms with Crippen molar-refractivity contribution in [2.75, 3.05) is 28.6 Å². The zero-order valence-corrected chi connectivity index (χ0v) is 18.9. The van der Waals surface area contributed by atoms with Crippen LogP contribution in [0.3, 0.4) is 0 Å². The van der Waals surface area contributed by atoms with E-state index in [2.05, 4.69) is 30.0 Å². The lowest BCUT2D eigenvalue weighted by Crippen LogP contribution is -2.27. The molecule has 0 radical (unpaired) electrons. The molecule has 30 heavy (non-hydrogen) atoms. The number of hydrogen-bond acceptors (Lipinski definition) is 9. The average Bonchev–Trinajstić information content (AvgIpc) is 2.61. The Hall–Kier alpha value is -2.53. The molecule has 2 atom stereocenters. The number of hydrogen-bond donors (Lipinski definition) is 4. The summed E-state index contributed by atoms with van der Waals surface area (Å²) in [5.41, 5.74) is 8.26. The molecule has 0 saturated carbocycles. The minimum absolute atomic E-state index is 0.00830. The highest BCUT2D eigenvalue weighted by molar-refractivity contribution is 7.91. The quantitative estimate of drug-likeness (QED) is 0.434. The van der Waals surface area contributed by atoms with Gasteiger partial charge in [0.2, 0.25) is 21.9 Å². The summed E-state index contributed by atoms with van der Waals surface area (Å²) in [5.74, 6) is 0.890. The summed E-state index contributed by atoms with van der Waals surface area (Å²) >= 11 is 0. The van der Waals surface area contributed by atoms with Crippen molar-refractivity contribution in [2.24, 2.45) is 5.92 Å². The van der Waals surface area contributed by atoms with Gasteiger partial charge < -0.3 is 16.2 Å². The molecule has 0 spiro atoms. The van der Waals surface area contributed by atoms with Crippen molar-refractivity contribution in [1.29, 1.82) is 0 Å². The van der Waals surface area contributed by atoms with Gasteiger partial charge in [0.25, 0.3) is 0 Å². The number of nitrogens with zero attached hydrogens (tertiary/aromatic N) is 4. The molecule has 2 heterocycles. The highest BCUT2D eigenvalue weighted by atomic mass is 32.2. The number of nitrogens with two attached hydrogens (primary N) is 1. The fraction of sp³-hybridized carbons (Fsp3) is 0.579. The van der Waals surface area contributed by atoms with Crippen molar-refractivity contribution in [1.82, 2.24) is 19.9 Å². The zero-order valence-electron chi connectivity index (χ0n) is 18.0. The van der Waals surface area contributed by atoms with Crippen LogP contribution in [0.5, 0.6) is 0 Å². The monoisotopic (exact) mass is 437 g/mol. The molecule has 5 N–H and O–H groups in total. The van der Waals surface area contributed by atoms with Gasteiger partial charge >= 0.3 is 0 Å². The SMILES string of the molecule is Cc1ncc(C(C)Cc2nc(N[C@@H](CO)CC(C)C)nc(NS(C)(=O)=O)n2)cc1N. The Morgan fingerprint density at radius 1 is 1.17 bits per heavy atom. The van der Waals surface area contributed by atoms with Crippen LogP contribution < -0.4 is 15.8 Å². The highest BCUT2D eigenvalue weighted by Gasteiger charge is 2.17. The Morgan fingerprint density at radius 3 is 2.40 bits per heavy atom. The molecular formula is C19H31N7O3S. The molecule has 2 rings (SSSR count). The van der Waals surface area contributed by atoms with Gasteiger partial charge in [0.15, 0.2) is 0 Å². The van der Waals surface area contributed by atoms with E-state index < -0.39 is 10.0 Å². The van der Waals surface area contributed by atoms with Crippen LogP contribution in [-0.2, 0) is 16.4 Å². The van der Waals surface area contributed by atoms with E-state index >= 15 is 0 Å². The van der Waals surface area contributed by atoms with Gasteiger partial charge in [-0.05, 0) is 36.8 Å². The van der Waals surface area contributed by atoms with Crippen LogP contribution in [0.25, 0.3) is 0 Å². The van der Waals surface area contributed by atoms with E-state index in [0.29, 0.717) is 30.3 Å². The predicted molar refractivity (Wildman–Crippen MR) is 118 cm³/mol. The minimum atomic E-state index is -3.56. The molecule has 0 bridgehead atoms. The number of aromatic nitrogens is 4. The largest absolute Gasteiger partial charge is 0.397 e. The van der Waals surface area contributed by atoms with Gasteiger partial charge in [0.05, 0.1) is 30.3 Å². The molecule has 0 saturated heterocycles. The number of nitrogen functional groups attached to an aromatic ring is 1. The summed E-state index contributed by atoms with van der Waals surface area (Å²) < 4.78 is 25.6. The van der Waals surface area contributed by atoms with E-state index in [1.54, 1.807) is 6.20 Å². The predicted octanol–water partition coefficient (Wildman–Crippen LogP) is 1.69. The standard InChI is InChI=1S/C19H31N7O3S/c1-11(2)6-15(10-27)22-18-23-17(24-19(25-18)26-30(5,28)29)7-12(3)14-8-16(20)13(4)21-9-14/h8-9,11-12,15,27H,6-7,10,20H2,1-5H3,(H2,22,23,24,25,26)/t12?,15-/m1/s1. The fourth-order valence-electron chi connectivity index (χ4n) is 2.95. The first-order valence-electron chi connectivity index (χ1n) is 9.79. The van der Waals surface area contributed by atoms with Gasteiger partial charge in [-0.3, -0.25) is 9.71 Å². The summed E-state index contributed by atoms with van der Waals surface area (Å²) in [7, 11) is -3.56. The fourth-order valence-corrected chi connectivity index (χ4v) is 3.37. The molecule has 10 nitrogen and oxygen atoms in total. The smallest absolute Gasteiger partial charge is 0.241 e. The van der Waals surface area contributed by atoms with Crippen LogP contribution >= 0.6 is 0 Å². The number of nitrogens with one attached hydrogen (secondary N) is 2. The Morgan fingerprint density at radius 2 is 1.83 bits per heavy atom. The van der Waals surface area contributed by atoms with Crippen LogP contribution in [-0.4, -0.2) is 52.4 Å². The van der Waals surface area contributed by atoms with E-state index in [9.17, 15) is 13.5 Å². The molecular weight excluding hydrogens is 406 g/mol. The van der Waals surface area contributed by atoms with E-state index in [1.165, 1.54) is 0 Å². The van der Waals surface area contributed by atoms with Gasteiger partial charge in [-0.25, -0.2) is 8.42 Å². The summed E-state index contributed by atoms with van der Waals surface area (Å²) in [6.45, 7) is 7.82. The van der Waals surface area contributed by atoms with Crippen molar-refractivity contribution in [2.45, 2.75) is 52.5 Å². The Balaban J connectivity index is 2.31. The average molecular weight is 438 g/mol. The molecule has 11 heteroatoms. The topological polar surface area (TPSA) is 156 Å². The van der Waals surface area contributed by atoms with Crippen LogP contribution in [0.1, 0.15) is 50.2 Å². The summed E-state index contributed by atoms with van der Waals surface area (Å²) in [5, 5.41) is 12.7. The Bertz CT molecular complexity index is 967. The maximum absolute atomic E-state index is 11.7. The second-order valence-corrected chi connectivity index (χ2v) is 9.72. The van der Waals surface area contributed by atoms with Gasteiger partial charge in [0.1, 0.15) is 5.82 Å². The third kappa shape index (κ3) is 7.38. The molecule has 0 aromatic carbocycles. The first-order chi connectivity index (χ1) is 14.0. The number of pyridine rings is 1. The maximum Gasteiger partial charge on any atom is 0.241 e. The lowest BCUT2D eigenvalue weighted by Gasteiger charge is -2.19. The van der Waals surface area contributed by atoms with Crippen molar-refractivity contribution < 1.29 is 13.5 Å². The van der Waals surface area contributed by atoms with Crippen LogP contribution in [0.4, 0.5) is 17.6 Å². The van der Waals surface area contributed by atoms with Gasteiger partial charge in [-0.1, -0.05) is 20.8 Å². The number of aliphatic hydroxyl groups is 1. The number of sulfonamides is 1. The van der Waals surface area contributed by atoms with E-state index in [4.69, 9.17) is 5.73 Å². The highest BCUT2D eigenvalue weighted by Crippen LogP contribution is 2.22. The van der Waals surface area contributed by atoms with E-state index in [-0.39, 0.29) is 30.5 Å². The van der Waals surface area contributed by atoms with Crippen LogP contribution in [0, 0.1) is 12.8 Å². The summed E-state index contributed by atoms with van der Waals surface area (Å²) in [4.78, 5) is 17.1. The number of aliphatic hydroxyl groups excluding tert-OH is 1. The second-order valence-electron chi connectivity index (χ2n) is 7.97. The van der Waals surface area contributed by atoms with Crippen molar-refractivity contribution >= 4 is 27.6 Å². The Labute approximate surface area is 177 Å². The third-order valence-corrected chi connectivity index (χ3v) is 5.03. The van der Waals surface area contributed by atoms with Crippen LogP contribution in [0.2, 0.25) is 0 Å². The van der Waals surface area contributed by atoms with Gasteiger partial charge in [-0.15, -0.1) is 0 Å². The first kappa shape index (κ1) is 23.7. The van der Waals surface area contributed by atoms with Gasteiger partial charge in [-0.2, -0.15) is 15.0 Å². The molecule has 0 aliphatic rings. The lowest BCUT2D eigenvalue weighted by atomic mass is 9.98. The molecule has 2 aromatic heterocycles. The molecule has 0 aliphatic carbocycles. The summed E-state index contributed by atoms with van der Waals surface area (Å²) in [6, 6.07) is 1.61. The lowest BCUT2D eigenvalue weighted by molar-refractivity contribution is 0.259. The number of aryl methyl sites for hydroxylation is 1. The van der Waals surface area contributed by atoms with E-state index in [1.807, 2.05) is 33.8 Å². The van der Waals surface area contributed by atoms with Gasteiger partial charge in [0, 0.05) is 12.6 Å². The van der Waals surface area contributed by atoms with Crippen LogP contribution in [0.15, 0.2) is 12.3 Å². The van der Waals surface area contributed by atoms with Crippen molar-refractivity contribution in [3.8, 4) is 0 Å². The van der Waals surface area contributed by atoms with Crippen molar-refractivity contribution in [3.05, 3.63) is 29.3 Å². The maximum atomic E-state index is 11.7. The van der Waals surface area contributed by atoms with E-state index in [0.717, 1.165) is 17.5 Å². The molecule has 0 amide bonds. The minimum Gasteiger partial charge on any atom is -0.397 e. The molecule has 1 unspecified atom stereocenters. The normalized spacial score (nSPS) is 13.8. The molecule has 2 aromatic rings.